The number of ketones is 1. The molecule has 0 radical (unpaired) electrons. The molecule has 5 rings (SSSR count). The normalized spacial score (nSPS) is 19.1. The highest BCUT2D eigenvalue weighted by molar-refractivity contribution is 7.10. The average molecular weight is 383 g/mol. The van der Waals surface area contributed by atoms with Gasteiger partial charge in [-0.1, -0.05) is 29.8 Å². The molecule has 7 heteroatoms. The third-order valence-electron chi connectivity index (χ3n) is 4.80. The van der Waals surface area contributed by atoms with Crippen LogP contribution in [-0.4, -0.2) is 20.5 Å². The Morgan fingerprint density at radius 2 is 2.08 bits per heavy atom. The topological polar surface area (TPSA) is 59.8 Å². The van der Waals surface area contributed by atoms with Crippen LogP contribution < -0.4 is 5.32 Å². The molecule has 0 saturated heterocycles. The lowest BCUT2D eigenvalue weighted by Crippen LogP contribution is -2.31. The summed E-state index contributed by atoms with van der Waals surface area (Å²) in [7, 11) is 0. The molecule has 1 unspecified atom stereocenters. The van der Waals surface area contributed by atoms with Gasteiger partial charge in [-0.05, 0) is 36.4 Å². The van der Waals surface area contributed by atoms with Crippen molar-refractivity contribution in [2.75, 3.05) is 5.32 Å². The molecule has 1 atom stereocenters. The number of hydrogen-bond acceptors (Lipinski definition) is 5. The van der Waals surface area contributed by atoms with Crippen molar-refractivity contribution in [1.82, 2.24) is 14.8 Å². The minimum absolute atomic E-state index is 0.192. The smallest absolute Gasteiger partial charge is 0.226 e. The third kappa shape index (κ3) is 2.40. The summed E-state index contributed by atoms with van der Waals surface area (Å²) in [5, 5.41) is 10.7. The molecule has 2 aromatic heterocycles. The summed E-state index contributed by atoms with van der Waals surface area (Å²) in [4.78, 5) is 18.5. The van der Waals surface area contributed by atoms with Crippen molar-refractivity contribution in [3.8, 4) is 11.4 Å². The monoisotopic (exact) mass is 382 g/mol. The van der Waals surface area contributed by atoms with Gasteiger partial charge in [0.25, 0.3) is 0 Å². The molecular weight excluding hydrogens is 368 g/mol. The third-order valence-corrected chi connectivity index (χ3v) is 6.05. The second kappa shape index (κ2) is 6.07. The second-order valence-electron chi connectivity index (χ2n) is 6.40. The maximum Gasteiger partial charge on any atom is 0.226 e. The quantitative estimate of drug-likeness (QED) is 0.699. The number of carbonyl (C=O) groups is 1. The first-order chi connectivity index (χ1) is 12.7. The van der Waals surface area contributed by atoms with Gasteiger partial charge in [-0.25, -0.2) is 4.68 Å². The number of nitrogens with zero attached hydrogens (tertiary/aromatic N) is 3. The summed E-state index contributed by atoms with van der Waals surface area (Å²) in [5.74, 6) is 1.41. The molecule has 130 valence electrons. The van der Waals surface area contributed by atoms with Gasteiger partial charge in [0, 0.05) is 28.1 Å². The standard InChI is InChI=1S/C19H15ClN4OS/c20-12-6-2-1-5-11(12)18-22-19-21-13-7-3-8-14(25)16(13)17(24(19)23-18)15-9-4-10-26-15/h1-2,4-6,9-10,17H,3,7-8H2,(H,21,22,23). The number of allylic oxidation sites excluding steroid dienone is 2. The summed E-state index contributed by atoms with van der Waals surface area (Å²) < 4.78 is 1.83. The van der Waals surface area contributed by atoms with E-state index in [1.54, 1.807) is 11.3 Å². The van der Waals surface area contributed by atoms with Gasteiger partial charge in [0.15, 0.2) is 11.6 Å². The fraction of sp³-hybridized carbons (Fsp3) is 0.211. The Morgan fingerprint density at radius 1 is 1.19 bits per heavy atom. The van der Waals surface area contributed by atoms with E-state index in [1.165, 1.54) is 0 Å². The van der Waals surface area contributed by atoms with Crippen LogP contribution in [0, 0.1) is 0 Å². The van der Waals surface area contributed by atoms with Crippen molar-refractivity contribution in [1.29, 1.82) is 0 Å². The van der Waals surface area contributed by atoms with E-state index in [-0.39, 0.29) is 11.8 Å². The summed E-state index contributed by atoms with van der Waals surface area (Å²) in [5.41, 5.74) is 2.58. The van der Waals surface area contributed by atoms with Gasteiger partial charge in [0.2, 0.25) is 5.95 Å². The minimum Gasteiger partial charge on any atom is -0.328 e. The lowest BCUT2D eigenvalue weighted by Gasteiger charge is -2.31. The van der Waals surface area contributed by atoms with E-state index in [0.717, 1.165) is 34.6 Å². The molecule has 1 aliphatic carbocycles. The van der Waals surface area contributed by atoms with Crippen molar-refractivity contribution in [3.63, 3.8) is 0 Å². The van der Waals surface area contributed by atoms with E-state index in [4.69, 9.17) is 16.7 Å². The van der Waals surface area contributed by atoms with Crippen LogP contribution in [0.1, 0.15) is 30.2 Å². The summed E-state index contributed by atoms with van der Waals surface area (Å²) in [6.45, 7) is 0. The van der Waals surface area contributed by atoms with E-state index in [9.17, 15) is 4.79 Å². The highest BCUT2D eigenvalue weighted by atomic mass is 35.5. The second-order valence-corrected chi connectivity index (χ2v) is 7.78. The van der Waals surface area contributed by atoms with Crippen molar-refractivity contribution in [3.05, 3.63) is 62.9 Å². The molecule has 26 heavy (non-hydrogen) atoms. The fourth-order valence-corrected chi connectivity index (χ4v) is 4.66. The largest absolute Gasteiger partial charge is 0.328 e. The van der Waals surface area contributed by atoms with Crippen LogP contribution >= 0.6 is 22.9 Å². The van der Waals surface area contributed by atoms with Gasteiger partial charge in [0.1, 0.15) is 6.04 Å². The number of rotatable bonds is 2. The van der Waals surface area contributed by atoms with Crippen LogP contribution in [0.4, 0.5) is 5.95 Å². The number of hydrogen-bond donors (Lipinski definition) is 1. The first-order valence-corrected chi connectivity index (χ1v) is 9.76. The van der Waals surface area contributed by atoms with Crippen LogP contribution in [-0.2, 0) is 4.79 Å². The van der Waals surface area contributed by atoms with E-state index in [0.29, 0.717) is 23.2 Å². The Balaban J connectivity index is 1.69. The lowest BCUT2D eigenvalue weighted by molar-refractivity contribution is -0.116. The molecule has 0 amide bonds. The summed E-state index contributed by atoms with van der Waals surface area (Å²) in [6, 6.07) is 11.4. The van der Waals surface area contributed by atoms with Crippen LogP contribution in [0.3, 0.4) is 0 Å². The zero-order valence-corrected chi connectivity index (χ0v) is 15.3. The van der Waals surface area contributed by atoms with Crippen molar-refractivity contribution >= 4 is 34.7 Å². The Hall–Kier alpha value is -2.44. The number of Topliss-reactive ketones (excluding diaryl/α,β-unsaturated/α-hetero) is 1. The zero-order valence-electron chi connectivity index (χ0n) is 13.8. The highest BCUT2D eigenvalue weighted by Gasteiger charge is 2.37. The van der Waals surface area contributed by atoms with Gasteiger partial charge >= 0.3 is 0 Å². The number of fused-ring (bicyclic) bond motifs is 1. The van der Waals surface area contributed by atoms with Gasteiger partial charge in [-0.2, -0.15) is 4.98 Å². The van der Waals surface area contributed by atoms with E-state index in [2.05, 4.69) is 10.3 Å². The molecular formula is C19H15ClN4OS. The lowest BCUT2D eigenvalue weighted by atomic mass is 9.88. The molecule has 1 aliphatic heterocycles. The molecule has 3 heterocycles. The SMILES string of the molecule is O=C1CCCC2=C1C(c1cccs1)n1nc(-c3ccccc3Cl)nc1N2. The Kier molecular flexibility index (Phi) is 3.69. The van der Waals surface area contributed by atoms with Gasteiger partial charge in [-0.15, -0.1) is 16.4 Å². The first kappa shape index (κ1) is 15.8. The summed E-state index contributed by atoms with van der Waals surface area (Å²) >= 11 is 7.96. The van der Waals surface area contributed by atoms with Crippen LogP contribution in [0.2, 0.25) is 5.02 Å². The number of aromatic nitrogens is 3. The number of benzene rings is 1. The molecule has 0 saturated carbocycles. The van der Waals surface area contributed by atoms with Crippen LogP contribution in [0.25, 0.3) is 11.4 Å². The molecule has 0 fully saturated rings. The molecule has 5 nitrogen and oxygen atoms in total. The van der Waals surface area contributed by atoms with Crippen LogP contribution in [0.15, 0.2) is 53.0 Å². The zero-order chi connectivity index (χ0) is 17.7. The van der Waals surface area contributed by atoms with Crippen molar-refractivity contribution in [2.24, 2.45) is 0 Å². The van der Waals surface area contributed by atoms with E-state index < -0.39 is 0 Å². The average Bonchev–Trinajstić information content (AvgIpc) is 3.30. The first-order valence-electron chi connectivity index (χ1n) is 8.50. The van der Waals surface area contributed by atoms with Gasteiger partial charge < -0.3 is 5.32 Å². The number of carbonyl (C=O) groups excluding carboxylic acids is 1. The van der Waals surface area contributed by atoms with Crippen molar-refractivity contribution < 1.29 is 4.79 Å². The molecule has 3 aromatic rings. The predicted molar refractivity (Wildman–Crippen MR) is 102 cm³/mol. The van der Waals surface area contributed by atoms with Gasteiger partial charge in [-0.3, -0.25) is 4.79 Å². The molecule has 0 spiro atoms. The predicted octanol–water partition coefficient (Wildman–Crippen LogP) is 4.68. The number of thiophene rings is 1. The number of anilines is 1. The molecule has 0 bridgehead atoms. The molecule has 1 aromatic carbocycles. The minimum atomic E-state index is -0.224. The van der Waals surface area contributed by atoms with Gasteiger partial charge in [0.05, 0.1) is 5.02 Å². The Morgan fingerprint density at radius 3 is 2.88 bits per heavy atom. The number of halogens is 1. The van der Waals surface area contributed by atoms with Crippen LogP contribution in [0.5, 0.6) is 0 Å². The number of nitrogens with one attached hydrogen (secondary N) is 1. The van der Waals surface area contributed by atoms with E-state index >= 15 is 0 Å². The maximum atomic E-state index is 12.7. The maximum absolute atomic E-state index is 12.7. The van der Waals surface area contributed by atoms with Crippen molar-refractivity contribution in [2.45, 2.75) is 25.3 Å². The highest BCUT2D eigenvalue weighted by Crippen LogP contribution is 2.42. The summed E-state index contributed by atoms with van der Waals surface area (Å²) in [6.07, 6.45) is 2.31. The molecule has 1 N–H and O–H groups in total. The van der Waals surface area contributed by atoms with E-state index in [1.807, 2.05) is 46.5 Å². The Bertz CT molecular complexity index is 1040. The Labute approximate surface area is 159 Å². The fourth-order valence-electron chi connectivity index (χ4n) is 3.62. The molecule has 2 aliphatic rings.